The molecule has 2 aromatic carbocycles. The molecule has 1 N–H and O–H groups in total. The van der Waals surface area contributed by atoms with E-state index < -0.39 is 0 Å². The third-order valence-corrected chi connectivity index (χ3v) is 4.14. The van der Waals surface area contributed by atoms with Gasteiger partial charge in [0.25, 0.3) is 5.91 Å². The van der Waals surface area contributed by atoms with Gasteiger partial charge in [-0.05, 0) is 43.3 Å². The molecule has 3 nitrogen and oxygen atoms in total. The Morgan fingerprint density at radius 2 is 1.87 bits per heavy atom. The van der Waals surface area contributed by atoms with Crippen LogP contribution in [0.3, 0.4) is 0 Å². The minimum absolute atomic E-state index is 0.225. The quantitative estimate of drug-likeness (QED) is 0.603. The summed E-state index contributed by atoms with van der Waals surface area (Å²) in [6, 6.07) is 16.5. The average molecular weight is 391 g/mol. The second-order valence-corrected chi connectivity index (χ2v) is 6.40. The summed E-state index contributed by atoms with van der Waals surface area (Å²) < 4.78 is 6.71. The summed E-state index contributed by atoms with van der Waals surface area (Å²) in [5.41, 5.74) is 2.06. The van der Waals surface area contributed by atoms with Gasteiger partial charge in [0.05, 0.1) is 5.56 Å². The first kappa shape index (κ1) is 15.8. The number of hydrogen-bond donors (Lipinski definition) is 1. The van der Waals surface area contributed by atoms with Gasteiger partial charge in [0.15, 0.2) is 0 Å². The molecule has 0 aliphatic rings. The molecule has 1 amide bonds. The molecule has 0 spiro atoms. The molecule has 0 saturated heterocycles. The molecule has 0 bridgehead atoms. The van der Waals surface area contributed by atoms with Gasteiger partial charge in [-0.15, -0.1) is 0 Å². The first-order valence-corrected chi connectivity index (χ1v) is 8.13. The normalized spacial score (nSPS) is 10.6. The molecule has 1 aromatic heterocycles. The zero-order valence-corrected chi connectivity index (χ0v) is 14.6. The molecular formula is C18H13BrClNO2. The van der Waals surface area contributed by atoms with Crippen molar-refractivity contribution in [3.8, 4) is 11.3 Å². The molecule has 116 valence electrons. The Hall–Kier alpha value is -2.04. The Kier molecular flexibility index (Phi) is 4.55. The first-order chi connectivity index (χ1) is 11.0. The number of halogens is 2. The summed E-state index contributed by atoms with van der Waals surface area (Å²) in [5.74, 6) is 1.01. The summed E-state index contributed by atoms with van der Waals surface area (Å²) >= 11 is 9.33. The smallest absolute Gasteiger partial charge is 0.259 e. The highest BCUT2D eigenvalue weighted by molar-refractivity contribution is 9.10. The number of carbonyl (C=O) groups is 1. The Morgan fingerprint density at radius 3 is 2.57 bits per heavy atom. The van der Waals surface area contributed by atoms with E-state index in [0.29, 0.717) is 27.8 Å². The van der Waals surface area contributed by atoms with Crippen LogP contribution in [0.25, 0.3) is 11.3 Å². The van der Waals surface area contributed by atoms with Crippen molar-refractivity contribution >= 4 is 39.1 Å². The maximum Gasteiger partial charge on any atom is 0.259 e. The Bertz CT molecular complexity index is 856. The number of nitrogens with one attached hydrogen (secondary N) is 1. The molecule has 5 heteroatoms. The van der Waals surface area contributed by atoms with Crippen LogP contribution in [-0.2, 0) is 0 Å². The van der Waals surface area contributed by atoms with Gasteiger partial charge in [0.2, 0.25) is 0 Å². The number of aryl methyl sites for hydroxylation is 1. The van der Waals surface area contributed by atoms with Crippen LogP contribution in [0.4, 0.5) is 5.69 Å². The number of carbonyl (C=O) groups excluding carboxylic acids is 1. The van der Waals surface area contributed by atoms with Gasteiger partial charge in [0.1, 0.15) is 11.5 Å². The highest BCUT2D eigenvalue weighted by Gasteiger charge is 2.16. The number of benzene rings is 2. The highest BCUT2D eigenvalue weighted by Crippen LogP contribution is 2.27. The Labute approximate surface area is 147 Å². The zero-order chi connectivity index (χ0) is 16.4. The summed E-state index contributed by atoms with van der Waals surface area (Å²) in [6.07, 6.45) is 0. The van der Waals surface area contributed by atoms with E-state index in [-0.39, 0.29) is 5.91 Å². The fraction of sp³-hybridized carbons (Fsp3) is 0.0556. The molecule has 0 saturated carbocycles. The lowest BCUT2D eigenvalue weighted by Gasteiger charge is -2.04. The number of furan rings is 1. The molecule has 0 aliphatic heterocycles. The summed E-state index contributed by atoms with van der Waals surface area (Å²) in [6.45, 7) is 1.77. The fourth-order valence-corrected chi connectivity index (χ4v) is 2.68. The van der Waals surface area contributed by atoms with E-state index in [1.54, 1.807) is 37.3 Å². The van der Waals surface area contributed by atoms with Gasteiger partial charge in [-0.25, -0.2) is 0 Å². The van der Waals surface area contributed by atoms with Crippen LogP contribution < -0.4 is 5.32 Å². The number of hydrogen-bond acceptors (Lipinski definition) is 2. The van der Waals surface area contributed by atoms with Crippen molar-refractivity contribution in [1.29, 1.82) is 0 Å². The van der Waals surface area contributed by atoms with Crippen LogP contribution in [0, 0.1) is 6.92 Å². The lowest BCUT2D eigenvalue weighted by Crippen LogP contribution is -2.11. The van der Waals surface area contributed by atoms with E-state index in [4.69, 9.17) is 16.0 Å². The second kappa shape index (κ2) is 6.60. The lowest BCUT2D eigenvalue weighted by atomic mass is 10.1. The van der Waals surface area contributed by atoms with Gasteiger partial charge < -0.3 is 9.73 Å². The third-order valence-electron chi connectivity index (χ3n) is 3.37. The third kappa shape index (κ3) is 3.66. The second-order valence-electron chi connectivity index (χ2n) is 5.05. The van der Waals surface area contributed by atoms with Crippen molar-refractivity contribution < 1.29 is 9.21 Å². The Balaban J connectivity index is 1.85. The lowest BCUT2D eigenvalue weighted by molar-refractivity contribution is 0.102. The standard InChI is InChI=1S/C18H13BrClNO2/c1-11-16(18(22)21-15-4-2-3-14(20)9-15)10-17(23-11)12-5-7-13(19)8-6-12/h2-10H,1H3,(H,21,22). The molecular weight excluding hydrogens is 378 g/mol. The van der Waals surface area contributed by atoms with Gasteiger partial charge in [0, 0.05) is 20.7 Å². The van der Waals surface area contributed by atoms with Crippen LogP contribution >= 0.6 is 27.5 Å². The number of anilines is 1. The topological polar surface area (TPSA) is 42.2 Å². The van der Waals surface area contributed by atoms with E-state index in [1.807, 2.05) is 24.3 Å². The van der Waals surface area contributed by atoms with Crippen molar-refractivity contribution in [2.45, 2.75) is 6.92 Å². The highest BCUT2D eigenvalue weighted by atomic mass is 79.9. The van der Waals surface area contributed by atoms with E-state index in [1.165, 1.54) is 0 Å². The van der Waals surface area contributed by atoms with Gasteiger partial charge in [-0.3, -0.25) is 4.79 Å². The minimum atomic E-state index is -0.225. The van der Waals surface area contributed by atoms with Gasteiger partial charge in [-0.2, -0.15) is 0 Å². The minimum Gasteiger partial charge on any atom is -0.461 e. The Morgan fingerprint density at radius 1 is 1.13 bits per heavy atom. The summed E-state index contributed by atoms with van der Waals surface area (Å²) in [4.78, 5) is 12.4. The zero-order valence-electron chi connectivity index (χ0n) is 12.3. The van der Waals surface area contributed by atoms with E-state index in [0.717, 1.165) is 10.0 Å². The van der Waals surface area contributed by atoms with Crippen LogP contribution in [0.5, 0.6) is 0 Å². The van der Waals surface area contributed by atoms with Crippen molar-refractivity contribution in [1.82, 2.24) is 0 Å². The van der Waals surface area contributed by atoms with Gasteiger partial charge >= 0.3 is 0 Å². The monoisotopic (exact) mass is 389 g/mol. The van der Waals surface area contributed by atoms with Crippen LogP contribution in [0.2, 0.25) is 5.02 Å². The molecule has 0 aliphatic carbocycles. The van der Waals surface area contributed by atoms with Crippen LogP contribution in [-0.4, -0.2) is 5.91 Å². The van der Waals surface area contributed by atoms with E-state index in [2.05, 4.69) is 21.2 Å². The average Bonchev–Trinajstić information content (AvgIpc) is 2.90. The maximum atomic E-state index is 12.4. The van der Waals surface area contributed by atoms with Crippen LogP contribution in [0.1, 0.15) is 16.1 Å². The molecule has 0 radical (unpaired) electrons. The van der Waals surface area contributed by atoms with Crippen LogP contribution in [0.15, 0.2) is 63.5 Å². The number of amides is 1. The maximum absolute atomic E-state index is 12.4. The van der Waals surface area contributed by atoms with Gasteiger partial charge in [-0.1, -0.05) is 45.7 Å². The first-order valence-electron chi connectivity index (χ1n) is 6.96. The predicted molar refractivity (Wildman–Crippen MR) is 96.0 cm³/mol. The SMILES string of the molecule is Cc1oc(-c2ccc(Br)cc2)cc1C(=O)Nc1cccc(Cl)c1. The molecule has 1 heterocycles. The largest absolute Gasteiger partial charge is 0.461 e. The van der Waals surface area contributed by atoms with E-state index >= 15 is 0 Å². The summed E-state index contributed by atoms with van der Waals surface area (Å²) in [5, 5.41) is 3.39. The molecule has 3 aromatic rings. The fourth-order valence-electron chi connectivity index (χ4n) is 2.23. The predicted octanol–water partition coefficient (Wildman–Crippen LogP) is 5.92. The summed E-state index contributed by atoms with van der Waals surface area (Å²) in [7, 11) is 0. The molecule has 3 rings (SSSR count). The molecule has 0 atom stereocenters. The van der Waals surface area contributed by atoms with Crippen molar-refractivity contribution in [2.75, 3.05) is 5.32 Å². The van der Waals surface area contributed by atoms with Crippen molar-refractivity contribution in [2.24, 2.45) is 0 Å². The molecule has 0 unspecified atom stereocenters. The molecule has 23 heavy (non-hydrogen) atoms. The number of rotatable bonds is 3. The van der Waals surface area contributed by atoms with Crippen molar-refractivity contribution in [3.05, 3.63) is 75.4 Å². The van der Waals surface area contributed by atoms with Crippen molar-refractivity contribution in [3.63, 3.8) is 0 Å². The molecule has 0 fully saturated rings. The van der Waals surface area contributed by atoms with E-state index in [9.17, 15) is 4.79 Å².